The number of nitrogens with one attached hydrogen (secondary N) is 3. The predicted octanol–water partition coefficient (Wildman–Crippen LogP) is 3.18. The van der Waals surface area contributed by atoms with Crippen molar-refractivity contribution < 1.29 is 23.5 Å². The molecule has 1 fully saturated rings. The number of esters is 1. The molecule has 0 aliphatic carbocycles. The zero-order valence-electron chi connectivity index (χ0n) is 22.6. The molecule has 0 spiro atoms. The monoisotopic (exact) mass is 594 g/mol. The second kappa shape index (κ2) is 16.4. The highest BCUT2D eigenvalue weighted by Gasteiger charge is 2.31. The van der Waals surface area contributed by atoms with E-state index in [0.29, 0.717) is 36.8 Å². The fourth-order valence-corrected chi connectivity index (χ4v) is 5.05. The van der Waals surface area contributed by atoms with E-state index in [-0.39, 0.29) is 31.4 Å². The van der Waals surface area contributed by atoms with E-state index in [1.165, 1.54) is 12.1 Å². The average Bonchev–Trinajstić information content (AvgIpc) is 3.49. The first-order valence-electron chi connectivity index (χ1n) is 13.6. The third-order valence-electron chi connectivity index (χ3n) is 6.67. The van der Waals surface area contributed by atoms with Gasteiger partial charge in [0.1, 0.15) is 17.9 Å². The summed E-state index contributed by atoms with van der Waals surface area (Å²) in [6.45, 7) is 3.76. The van der Waals surface area contributed by atoms with E-state index in [2.05, 4.69) is 20.9 Å². The van der Waals surface area contributed by atoms with Gasteiger partial charge in [-0.2, -0.15) is 0 Å². The topological polar surface area (TPSA) is 99.8 Å². The lowest BCUT2D eigenvalue weighted by molar-refractivity contribution is -0.147. The zero-order chi connectivity index (χ0) is 28.9. The number of carbonyl (C=O) groups excluding carboxylic acids is 3. The summed E-state index contributed by atoms with van der Waals surface area (Å²) in [5, 5.41) is 8.80. The minimum Gasteiger partial charge on any atom is -0.464 e. The van der Waals surface area contributed by atoms with Gasteiger partial charge in [0.25, 0.3) is 0 Å². The average molecular weight is 596 g/mol. The molecule has 11 heteroatoms. The van der Waals surface area contributed by atoms with E-state index in [9.17, 15) is 18.8 Å². The number of amides is 2. The van der Waals surface area contributed by atoms with Crippen molar-refractivity contribution in [2.75, 3.05) is 42.9 Å². The van der Waals surface area contributed by atoms with Crippen molar-refractivity contribution in [3.8, 4) is 0 Å². The second-order valence-electron chi connectivity index (χ2n) is 9.59. The van der Waals surface area contributed by atoms with Crippen molar-refractivity contribution in [1.29, 1.82) is 0 Å². The molecule has 3 N–H and O–H groups in total. The van der Waals surface area contributed by atoms with E-state index in [4.69, 9.17) is 27.9 Å². The molecule has 2 aromatic rings. The first-order valence-corrected chi connectivity index (χ1v) is 14.6. The molecule has 3 rings (SSSR count). The Balaban J connectivity index is 1.83. The van der Waals surface area contributed by atoms with Crippen molar-refractivity contribution in [3.63, 3.8) is 0 Å². The second-order valence-corrected chi connectivity index (χ2v) is 10.3. The molecule has 3 atom stereocenters. The maximum atomic E-state index is 13.6. The van der Waals surface area contributed by atoms with Crippen LogP contribution in [0.3, 0.4) is 0 Å². The van der Waals surface area contributed by atoms with Crippen molar-refractivity contribution in [1.82, 2.24) is 16.0 Å². The van der Waals surface area contributed by atoms with Gasteiger partial charge in [-0.1, -0.05) is 24.3 Å². The molecule has 0 unspecified atom stereocenters. The summed E-state index contributed by atoms with van der Waals surface area (Å²) in [7, 11) is 0. The van der Waals surface area contributed by atoms with Gasteiger partial charge in [-0.05, 0) is 61.7 Å². The van der Waals surface area contributed by atoms with Crippen molar-refractivity contribution in [2.45, 2.75) is 50.7 Å². The molecule has 8 nitrogen and oxygen atoms in total. The molecular weight excluding hydrogens is 558 g/mol. The number of alkyl halides is 2. The van der Waals surface area contributed by atoms with Crippen LogP contribution in [-0.2, 0) is 32.0 Å². The number of ether oxygens (including phenoxy) is 1. The van der Waals surface area contributed by atoms with Crippen LogP contribution in [0.2, 0.25) is 0 Å². The van der Waals surface area contributed by atoms with Crippen LogP contribution < -0.4 is 20.9 Å². The Morgan fingerprint density at radius 3 is 2.35 bits per heavy atom. The number of nitrogens with zero attached hydrogens (tertiary/aromatic N) is 1. The maximum Gasteiger partial charge on any atom is 0.328 e. The number of halogens is 3. The van der Waals surface area contributed by atoms with Crippen LogP contribution in [0, 0.1) is 5.82 Å². The number of hydrogen-bond donors (Lipinski definition) is 3. The Kier molecular flexibility index (Phi) is 13.0. The van der Waals surface area contributed by atoms with Crippen LogP contribution in [0.1, 0.15) is 30.9 Å². The molecule has 0 bridgehead atoms. The highest BCUT2D eigenvalue weighted by atomic mass is 35.5. The van der Waals surface area contributed by atoms with Gasteiger partial charge in [-0.25, -0.2) is 9.18 Å². The molecule has 1 heterocycles. The molecule has 0 radical (unpaired) electrons. The van der Waals surface area contributed by atoms with Gasteiger partial charge in [0.15, 0.2) is 0 Å². The van der Waals surface area contributed by atoms with Crippen molar-refractivity contribution >= 4 is 46.7 Å². The first-order chi connectivity index (χ1) is 19.3. The molecule has 0 aromatic heterocycles. The normalized spacial score (nSPS) is 16.1. The number of benzene rings is 2. The van der Waals surface area contributed by atoms with Crippen molar-refractivity contribution in [2.24, 2.45) is 0 Å². The molecule has 1 aliphatic heterocycles. The van der Waals surface area contributed by atoms with Crippen LogP contribution in [0.5, 0.6) is 0 Å². The smallest absolute Gasteiger partial charge is 0.328 e. The number of carbonyl (C=O) groups is 3. The lowest BCUT2D eigenvalue weighted by atomic mass is 10.0. The summed E-state index contributed by atoms with van der Waals surface area (Å²) in [6.07, 6.45) is 1.85. The molecule has 1 aliphatic rings. The lowest BCUT2D eigenvalue weighted by Gasteiger charge is -2.25. The summed E-state index contributed by atoms with van der Waals surface area (Å²) in [4.78, 5) is 41.5. The highest BCUT2D eigenvalue weighted by molar-refractivity contribution is 6.18. The minimum absolute atomic E-state index is 0.108. The van der Waals surface area contributed by atoms with Crippen LogP contribution in [-0.4, -0.2) is 73.9 Å². The molecule has 2 amide bonds. The minimum atomic E-state index is -1.02. The third kappa shape index (κ3) is 9.64. The summed E-state index contributed by atoms with van der Waals surface area (Å²) in [5.74, 6) is -0.940. The zero-order valence-corrected chi connectivity index (χ0v) is 24.1. The fourth-order valence-electron chi connectivity index (χ4n) is 4.64. The lowest BCUT2D eigenvalue weighted by Crippen LogP contribution is -2.55. The Morgan fingerprint density at radius 2 is 1.73 bits per heavy atom. The van der Waals surface area contributed by atoms with Gasteiger partial charge in [0.05, 0.1) is 12.6 Å². The van der Waals surface area contributed by atoms with Crippen molar-refractivity contribution in [3.05, 3.63) is 65.5 Å². The van der Waals surface area contributed by atoms with E-state index < -0.39 is 29.8 Å². The Hall–Kier alpha value is -2.88. The van der Waals surface area contributed by atoms with Crippen LogP contribution in [0.4, 0.5) is 10.1 Å². The van der Waals surface area contributed by atoms with Crippen LogP contribution in [0.25, 0.3) is 0 Å². The Bertz CT molecular complexity index is 1110. The SMILES string of the molecule is CCOC(=O)[C@H](Cc1ccc(F)cc1)NC(=O)[C@H](Cc1cccc(N(CCCl)CCCl)c1)NC(=O)[C@@H]1CCCN1. The van der Waals surface area contributed by atoms with Gasteiger partial charge >= 0.3 is 5.97 Å². The molecule has 40 heavy (non-hydrogen) atoms. The maximum absolute atomic E-state index is 13.6. The summed E-state index contributed by atoms with van der Waals surface area (Å²) < 4.78 is 18.6. The van der Waals surface area contributed by atoms with Crippen LogP contribution in [0.15, 0.2) is 48.5 Å². The summed E-state index contributed by atoms with van der Waals surface area (Å²) in [5.41, 5.74) is 2.38. The first kappa shape index (κ1) is 31.6. The highest BCUT2D eigenvalue weighted by Crippen LogP contribution is 2.18. The molecule has 218 valence electrons. The molecule has 0 saturated carbocycles. The van der Waals surface area contributed by atoms with Gasteiger partial charge in [0.2, 0.25) is 11.8 Å². The van der Waals surface area contributed by atoms with Gasteiger partial charge in [-0.3, -0.25) is 9.59 Å². The third-order valence-corrected chi connectivity index (χ3v) is 7.01. The molecule has 1 saturated heterocycles. The summed E-state index contributed by atoms with van der Waals surface area (Å²) >= 11 is 12.0. The number of hydrogen-bond acceptors (Lipinski definition) is 6. The van der Waals surface area contributed by atoms with Gasteiger partial charge in [-0.15, -0.1) is 23.2 Å². The summed E-state index contributed by atoms with van der Waals surface area (Å²) in [6, 6.07) is 11.0. The van der Waals surface area contributed by atoms with E-state index in [1.807, 2.05) is 24.3 Å². The van der Waals surface area contributed by atoms with Gasteiger partial charge < -0.3 is 25.6 Å². The van der Waals surface area contributed by atoms with E-state index >= 15 is 0 Å². The van der Waals surface area contributed by atoms with Gasteiger partial charge in [0, 0.05) is 43.4 Å². The van der Waals surface area contributed by atoms with E-state index in [1.54, 1.807) is 19.1 Å². The quantitative estimate of drug-likeness (QED) is 0.216. The fraction of sp³-hybridized carbons (Fsp3) is 0.483. The standard InChI is InChI=1S/C29H37Cl2FN4O4/c1-2-40-29(39)26(18-20-8-10-22(32)11-9-20)35-28(38)25(34-27(37)24-7-4-14-33-24)19-21-5-3-6-23(17-21)36(15-12-30)16-13-31/h3,5-6,8-11,17,24-26,33H,2,4,7,12-16,18-19H2,1H3,(H,34,37)(H,35,38)/t24-,25-,26-/m0/s1. The predicted molar refractivity (Wildman–Crippen MR) is 155 cm³/mol. The Labute approximate surface area is 244 Å². The largest absolute Gasteiger partial charge is 0.464 e. The molecule has 2 aromatic carbocycles. The van der Waals surface area contributed by atoms with E-state index in [0.717, 1.165) is 24.2 Å². The van der Waals surface area contributed by atoms with Crippen LogP contribution >= 0.6 is 23.2 Å². The number of anilines is 1. The number of rotatable bonds is 15. The molecular formula is C29H37Cl2FN4O4. The Morgan fingerprint density at radius 1 is 1.02 bits per heavy atom.